The number of carboxylic acids is 1. The van der Waals surface area contributed by atoms with E-state index >= 15 is 0 Å². The van der Waals surface area contributed by atoms with E-state index in [1.165, 1.54) is 12.1 Å². The maximum atomic E-state index is 10.6. The Morgan fingerprint density at radius 2 is 2.31 bits per heavy atom. The van der Waals surface area contributed by atoms with Crippen molar-refractivity contribution in [3.05, 3.63) is 28.8 Å². The molecule has 0 fully saturated rings. The van der Waals surface area contributed by atoms with Crippen LogP contribution >= 0.6 is 11.6 Å². The Bertz CT molecular complexity index is 325. The minimum absolute atomic E-state index is 0.236. The minimum Gasteiger partial charge on any atom is -0.478 e. The summed E-state index contributed by atoms with van der Waals surface area (Å²) in [6, 6.07) is 4.57. The van der Waals surface area contributed by atoms with Gasteiger partial charge in [0.15, 0.2) is 0 Å². The van der Waals surface area contributed by atoms with E-state index in [4.69, 9.17) is 16.7 Å². The molecule has 4 heteroatoms. The second-order valence-electron chi connectivity index (χ2n) is 2.53. The lowest BCUT2D eigenvalue weighted by Crippen LogP contribution is -2.01. The number of carbonyl (C=O) groups is 1. The summed E-state index contributed by atoms with van der Waals surface area (Å²) < 4.78 is 0. The lowest BCUT2D eigenvalue weighted by atomic mass is 10.2. The molecule has 70 valence electrons. The van der Waals surface area contributed by atoms with Crippen LogP contribution in [0.4, 0.5) is 5.69 Å². The van der Waals surface area contributed by atoms with E-state index in [-0.39, 0.29) is 5.56 Å². The molecule has 0 aliphatic carbocycles. The van der Waals surface area contributed by atoms with Crippen LogP contribution in [-0.4, -0.2) is 17.6 Å². The standard InChI is InChI=1S/C9H10ClNO2/c1-2-11-8-5-6(9(12)13)3-4-7(8)10/h3-5,11H,2H2,1H3,(H,12,13). The molecule has 0 radical (unpaired) electrons. The average Bonchev–Trinajstić information content (AvgIpc) is 2.08. The highest BCUT2D eigenvalue weighted by Crippen LogP contribution is 2.22. The van der Waals surface area contributed by atoms with Crippen molar-refractivity contribution < 1.29 is 9.90 Å². The number of hydrogen-bond donors (Lipinski definition) is 2. The van der Waals surface area contributed by atoms with Gasteiger partial charge >= 0.3 is 5.97 Å². The predicted octanol–water partition coefficient (Wildman–Crippen LogP) is 2.47. The van der Waals surface area contributed by atoms with Gasteiger partial charge in [0, 0.05) is 6.54 Å². The Morgan fingerprint density at radius 1 is 1.62 bits per heavy atom. The van der Waals surface area contributed by atoms with Crippen molar-refractivity contribution in [1.29, 1.82) is 0 Å². The normalized spacial score (nSPS) is 9.69. The van der Waals surface area contributed by atoms with Gasteiger partial charge < -0.3 is 10.4 Å². The zero-order chi connectivity index (χ0) is 9.84. The van der Waals surface area contributed by atoms with Crippen molar-refractivity contribution in [2.24, 2.45) is 0 Å². The molecule has 1 aromatic rings. The van der Waals surface area contributed by atoms with Gasteiger partial charge in [-0.05, 0) is 25.1 Å². The summed E-state index contributed by atoms with van der Waals surface area (Å²) in [7, 11) is 0. The molecule has 0 amide bonds. The van der Waals surface area contributed by atoms with Crippen LogP contribution in [0.3, 0.4) is 0 Å². The number of rotatable bonds is 3. The molecule has 0 saturated heterocycles. The lowest BCUT2D eigenvalue weighted by Gasteiger charge is -2.06. The number of anilines is 1. The van der Waals surface area contributed by atoms with Crippen molar-refractivity contribution in [2.75, 3.05) is 11.9 Å². The molecule has 0 heterocycles. The predicted molar refractivity (Wildman–Crippen MR) is 52.6 cm³/mol. The molecule has 13 heavy (non-hydrogen) atoms. The lowest BCUT2D eigenvalue weighted by molar-refractivity contribution is 0.0697. The van der Waals surface area contributed by atoms with E-state index in [1.54, 1.807) is 6.07 Å². The van der Waals surface area contributed by atoms with Crippen LogP contribution in [0.1, 0.15) is 17.3 Å². The van der Waals surface area contributed by atoms with E-state index in [9.17, 15) is 4.79 Å². The van der Waals surface area contributed by atoms with Gasteiger partial charge in [-0.15, -0.1) is 0 Å². The average molecular weight is 200 g/mol. The van der Waals surface area contributed by atoms with Crippen molar-refractivity contribution in [3.63, 3.8) is 0 Å². The van der Waals surface area contributed by atoms with Crippen LogP contribution < -0.4 is 5.32 Å². The molecule has 0 aliphatic rings. The topological polar surface area (TPSA) is 49.3 Å². The molecule has 0 aliphatic heterocycles. The summed E-state index contributed by atoms with van der Waals surface area (Å²) >= 11 is 5.82. The van der Waals surface area contributed by atoms with Gasteiger partial charge in [-0.3, -0.25) is 0 Å². The highest BCUT2D eigenvalue weighted by molar-refractivity contribution is 6.33. The second kappa shape index (κ2) is 4.14. The molecule has 0 saturated carbocycles. The van der Waals surface area contributed by atoms with Crippen molar-refractivity contribution in [2.45, 2.75) is 6.92 Å². The molecule has 1 aromatic carbocycles. The summed E-state index contributed by atoms with van der Waals surface area (Å²) in [5.74, 6) is -0.948. The van der Waals surface area contributed by atoms with Gasteiger partial charge in [0.25, 0.3) is 0 Å². The number of aromatic carboxylic acids is 1. The molecule has 2 N–H and O–H groups in total. The first-order valence-corrected chi connectivity index (χ1v) is 4.29. The first-order valence-electron chi connectivity index (χ1n) is 3.92. The van der Waals surface area contributed by atoms with Crippen molar-refractivity contribution >= 4 is 23.3 Å². The van der Waals surface area contributed by atoms with Crippen LogP contribution in [0.25, 0.3) is 0 Å². The zero-order valence-corrected chi connectivity index (χ0v) is 7.93. The fourth-order valence-corrected chi connectivity index (χ4v) is 1.17. The van der Waals surface area contributed by atoms with Gasteiger partial charge in [-0.2, -0.15) is 0 Å². The maximum absolute atomic E-state index is 10.6. The van der Waals surface area contributed by atoms with E-state index < -0.39 is 5.97 Å². The minimum atomic E-state index is -0.948. The third-order valence-electron chi connectivity index (χ3n) is 1.58. The molecular formula is C9H10ClNO2. The Morgan fingerprint density at radius 3 is 2.85 bits per heavy atom. The smallest absolute Gasteiger partial charge is 0.335 e. The summed E-state index contributed by atoms with van der Waals surface area (Å²) in [5, 5.41) is 12.2. The SMILES string of the molecule is CCNc1cc(C(=O)O)ccc1Cl. The van der Waals surface area contributed by atoms with Crippen LogP contribution in [0.2, 0.25) is 5.02 Å². The van der Waals surface area contributed by atoms with Crippen molar-refractivity contribution in [1.82, 2.24) is 0 Å². The van der Waals surface area contributed by atoms with Gasteiger partial charge in [0.1, 0.15) is 0 Å². The third-order valence-corrected chi connectivity index (χ3v) is 1.91. The van der Waals surface area contributed by atoms with E-state index in [2.05, 4.69) is 5.32 Å². The van der Waals surface area contributed by atoms with Crippen LogP contribution in [-0.2, 0) is 0 Å². The largest absolute Gasteiger partial charge is 0.478 e. The summed E-state index contributed by atoms with van der Waals surface area (Å²) in [6.07, 6.45) is 0. The molecule has 0 spiro atoms. The summed E-state index contributed by atoms with van der Waals surface area (Å²) in [6.45, 7) is 2.63. The van der Waals surface area contributed by atoms with Gasteiger partial charge in [0.2, 0.25) is 0 Å². The Kier molecular flexibility index (Phi) is 3.14. The highest BCUT2D eigenvalue weighted by atomic mass is 35.5. The number of hydrogen-bond acceptors (Lipinski definition) is 2. The second-order valence-corrected chi connectivity index (χ2v) is 2.94. The quantitative estimate of drug-likeness (QED) is 0.786. The van der Waals surface area contributed by atoms with Crippen molar-refractivity contribution in [3.8, 4) is 0 Å². The number of halogens is 1. The first-order chi connectivity index (χ1) is 6.15. The van der Waals surface area contributed by atoms with E-state index in [1.807, 2.05) is 6.92 Å². The molecule has 0 bridgehead atoms. The third kappa shape index (κ3) is 2.36. The fourth-order valence-electron chi connectivity index (χ4n) is 0.984. The Balaban J connectivity index is 3.03. The first kappa shape index (κ1) is 9.86. The zero-order valence-electron chi connectivity index (χ0n) is 7.17. The summed E-state index contributed by atoms with van der Waals surface area (Å²) in [4.78, 5) is 10.6. The number of nitrogens with one attached hydrogen (secondary N) is 1. The fraction of sp³-hybridized carbons (Fsp3) is 0.222. The Hall–Kier alpha value is -1.22. The van der Waals surface area contributed by atoms with Gasteiger partial charge in [-0.25, -0.2) is 4.79 Å². The number of benzene rings is 1. The van der Waals surface area contributed by atoms with Crippen LogP contribution in [0, 0.1) is 0 Å². The van der Waals surface area contributed by atoms with Crippen LogP contribution in [0.5, 0.6) is 0 Å². The summed E-state index contributed by atoms with van der Waals surface area (Å²) in [5.41, 5.74) is 0.893. The van der Waals surface area contributed by atoms with Gasteiger partial charge in [0.05, 0.1) is 16.3 Å². The molecule has 0 unspecified atom stereocenters. The van der Waals surface area contributed by atoms with Gasteiger partial charge in [-0.1, -0.05) is 11.6 Å². The molecule has 1 rings (SSSR count). The highest BCUT2D eigenvalue weighted by Gasteiger charge is 2.05. The molecule has 0 aromatic heterocycles. The van der Waals surface area contributed by atoms with Crippen LogP contribution in [0.15, 0.2) is 18.2 Å². The monoisotopic (exact) mass is 199 g/mol. The van der Waals surface area contributed by atoms with E-state index in [0.717, 1.165) is 0 Å². The molecular weight excluding hydrogens is 190 g/mol. The maximum Gasteiger partial charge on any atom is 0.335 e. The molecule has 3 nitrogen and oxygen atoms in total. The van der Waals surface area contributed by atoms with E-state index in [0.29, 0.717) is 17.3 Å². The Labute approximate surface area is 81.3 Å². The number of carboxylic acid groups (broad SMARTS) is 1. The molecule has 0 atom stereocenters.